The molecule has 1 heterocycles. The Hall–Kier alpha value is -3.59. The Bertz CT molecular complexity index is 1200. The smallest absolute Gasteiger partial charge is 0.239 e. The summed E-state index contributed by atoms with van der Waals surface area (Å²) in [5.41, 5.74) is 1.98. The highest BCUT2D eigenvalue weighted by atomic mass is 32.2. The van der Waals surface area contributed by atoms with Gasteiger partial charge in [-0.1, -0.05) is 12.1 Å². The largest absolute Gasteiger partial charge is 0.493 e. The van der Waals surface area contributed by atoms with Gasteiger partial charge >= 0.3 is 0 Å². The number of sulfone groups is 1. The molecule has 0 aliphatic heterocycles. The number of rotatable bonds is 9. The number of amides is 1. The highest BCUT2D eigenvalue weighted by Crippen LogP contribution is 2.34. The van der Waals surface area contributed by atoms with Gasteiger partial charge in [0.25, 0.3) is 0 Å². The molecule has 0 saturated carbocycles. The van der Waals surface area contributed by atoms with Crippen molar-refractivity contribution in [1.29, 1.82) is 0 Å². The van der Waals surface area contributed by atoms with E-state index in [0.29, 0.717) is 23.7 Å². The van der Waals surface area contributed by atoms with Gasteiger partial charge in [-0.2, -0.15) is 0 Å². The van der Waals surface area contributed by atoms with Gasteiger partial charge in [0.05, 0.1) is 36.2 Å². The van der Waals surface area contributed by atoms with Crippen LogP contribution in [0.25, 0.3) is 0 Å². The summed E-state index contributed by atoms with van der Waals surface area (Å²) in [4.78, 5) is 16.4. The first-order valence-electron chi connectivity index (χ1n) is 9.82. The third kappa shape index (κ3) is 5.36. The quantitative estimate of drug-likeness (QED) is 0.511. The fourth-order valence-corrected chi connectivity index (χ4v) is 4.58. The summed E-state index contributed by atoms with van der Waals surface area (Å²) in [6.07, 6.45) is 3.33. The lowest BCUT2D eigenvalue weighted by atomic mass is 10.2. The number of pyridine rings is 1. The first-order chi connectivity index (χ1) is 15.3. The van der Waals surface area contributed by atoms with Crippen molar-refractivity contribution in [2.24, 2.45) is 0 Å². The van der Waals surface area contributed by atoms with Crippen LogP contribution in [0, 0.1) is 6.92 Å². The molecular formula is C23H25N3O5S. The number of anilines is 1. The zero-order valence-electron chi connectivity index (χ0n) is 18.1. The van der Waals surface area contributed by atoms with Gasteiger partial charge < -0.3 is 20.1 Å². The fraction of sp³-hybridized carbons (Fsp3) is 0.217. The second kappa shape index (κ2) is 10.1. The number of ether oxygens (including phenoxy) is 2. The van der Waals surface area contributed by atoms with E-state index in [1.165, 1.54) is 26.4 Å². The summed E-state index contributed by atoms with van der Waals surface area (Å²) < 4.78 is 37.2. The maximum Gasteiger partial charge on any atom is 0.239 e. The maximum absolute atomic E-state index is 13.4. The zero-order valence-corrected chi connectivity index (χ0v) is 18.9. The van der Waals surface area contributed by atoms with Gasteiger partial charge in [-0.25, -0.2) is 8.42 Å². The molecular weight excluding hydrogens is 430 g/mol. The van der Waals surface area contributed by atoms with Crippen molar-refractivity contribution in [2.45, 2.75) is 23.3 Å². The SMILES string of the molecule is COc1ccc(S(=O)(=O)c2cc(C)ccc2NCC(=O)NCc2cccnc2)cc1OC. The van der Waals surface area contributed by atoms with E-state index in [-0.39, 0.29) is 22.2 Å². The van der Waals surface area contributed by atoms with Crippen LogP contribution in [0.1, 0.15) is 11.1 Å². The van der Waals surface area contributed by atoms with Crippen molar-refractivity contribution in [3.63, 3.8) is 0 Å². The van der Waals surface area contributed by atoms with Crippen LogP contribution in [-0.2, 0) is 21.2 Å². The van der Waals surface area contributed by atoms with Gasteiger partial charge in [-0.15, -0.1) is 0 Å². The van der Waals surface area contributed by atoms with Gasteiger partial charge in [0.2, 0.25) is 15.7 Å². The highest BCUT2D eigenvalue weighted by molar-refractivity contribution is 7.91. The Labute approximate surface area is 187 Å². The molecule has 0 spiro atoms. The van der Waals surface area contributed by atoms with Crippen molar-refractivity contribution in [3.05, 3.63) is 72.1 Å². The van der Waals surface area contributed by atoms with Gasteiger partial charge in [0.1, 0.15) is 0 Å². The molecule has 9 heteroatoms. The summed E-state index contributed by atoms with van der Waals surface area (Å²) in [6, 6.07) is 13.1. The monoisotopic (exact) mass is 455 g/mol. The lowest BCUT2D eigenvalue weighted by Gasteiger charge is -2.15. The van der Waals surface area contributed by atoms with E-state index in [1.807, 2.05) is 6.07 Å². The van der Waals surface area contributed by atoms with Crippen LogP contribution in [0.3, 0.4) is 0 Å². The number of benzene rings is 2. The van der Waals surface area contributed by atoms with E-state index in [9.17, 15) is 13.2 Å². The van der Waals surface area contributed by atoms with Crippen LogP contribution in [0.2, 0.25) is 0 Å². The number of nitrogens with zero attached hydrogens (tertiary/aromatic N) is 1. The summed E-state index contributed by atoms with van der Waals surface area (Å²) in [7, 11) is -0.968. The number of carbonyl (C=O) groups excluding carboxylic acids is 1. The standard InChI is InChI=1S/C23H25N3O5S/c1-16-6-8-19(25-15-23(27)26-14-17-5-4-10-24-13-17)22(11-16)32(28,29)18-7-9-20(30-2)21(12-18)31-3/h4-13,25H,14-15H2,1-3H3,(H,26,27). The Morgan fingerprint density at radius 3 is 2.50 bits per heavy atom. The van der Waals surface area contributed by atoms with E-state index in [0.717, 1.165) is 11.1 Å². The second-order valence-electron chi connectivity index (χ2n) is 7.01. The Kier molecular flexibility index (Phi) is 7.32. The molecule has 1 amide bonds. The topological polar surface area (TPSA) is 107 Å². The third-order valence-electron chi connectivity index (χ3n) is 4.74. The summed E-state index contributed by atoms with van der Waals surface area (Å²) in [6.45, 7) is 2.05. The lowest BCUT2D eigenvalue weighted by molar-refractivity contribution is -0.119. The minimum Gasteiger partial charge on any atom is -0.493 e. The molecule has 0 atom stereocenters. The molecule has 0 radical (unpaired) electrons. The first kappa shape index (κ1) is 23.1. The first-order valence-corrected chi connectivity index (χ1v) is 11.3. The molecule has 0 aliphatic rings. The molecule has 168 valence electrons. The molecule has 1 aromatic heterocycles. The van der Waals surface area contributed by atoms with Crippen LogP contribution in [-0.4, -0.2) is 40.1 Å². The predicted octanol–water partition coefficient (Wildman–Crippen LogP) is 2.97. The average Bonchev–Trinajstić information content (AvgIpc) is 2.82. The molecule has 0 saturated heterocycles. The molecule has 0 bridgehead atoms. The van der Waals surface area contributed by atoms with Crippen LogP contribution in [0.4, 0.5) is 5.69 Å². The lowest BCUT2D eigenvalue weighted by Crippen LogP contribution is -2.29. The van der Waals surface area contributed by atoms with E-state index in [4.69, 9.17) is 9.47 Å². The maximum atomic E-state index is 13.4. The molecule has 0 unspecified atom stereocenters. The predicted molar refractivity (Wildman–Crippen MR) is 121 cm³/mol. The van der Waals surface area contributed by atoms with Crippen molar-refractivity contribution < 1.29 is 22.7 Å². The number of aryl methyl sites for hydroxylation is 1. The van der Waals surface area contributed by atoms with Gasteiger partial charge in [-0.3, -0.25) is 9.78 Å². The molecule has 2 N–H and O–H groups in total. The molecule has 8 nitrogen and oxygen atoms in total. The van der Waals surface area contributed by atoms with E-state index < -0.39 is 9.84 Å². The normalized spacial score (nSPS) is 11.0. The molecule has 2 aromatic carbocycles. The van der Waals surface area contributed by atoms with E-state index in [2.05, 4.69) is 15.6 Å². The summed E-state index contributed by atoms with van der Waals surface area (Å²) in [5, 5.41) is 5.72. The fourth-order valence-electron chi connectivity index (χ4n) is 3.05. The zero-order chi connectivity index (χ0) is 23.1. The Balaban J connectivity index is 1.80. The van der Waals surface area contributed by atoms with Crippen molar-refractivity contribution in [3.8, 4) is 11.5 Å². The van der Waals surface area contributed by atoms with Gasteiger partial charge in [0.15, 0.2) is 11.5 Å². The van der Waals surface area contributed by atoms with Crippen molar-refractivity contribution in [2.75, 3.05) is 26.1 Å². The minimum atomic E-state index is -3.89. The van der Waals surface area contributed by atoms with Crippen molar-refractivity contribution >= 4 is 21.4 Å². The Morgan fingerprint density at radius 1 is 1.03 bits per heavy atom. The second-order valence-corrected chi connectivity index (χ2v) is 8.93. The molecule has 0 fully saturated rings. The van der Waals surface area contributed by atoms with Crippen LogP contribution < -0.4 is 20.1 Å². The highest BCUT2D eigenvalue weighted by Gasteiger charge is 2.23. The minimum absolute atomic E-state index is 0.0600. The number of aromatic nitrogens is 1. The van der Waals surface area contributed by atoms with Crippen LogP contribution in [0.15, 0.2) is 70.7 Å². The number of nitrogens with one attached hydrogen (secondary N) is 2. The molecule has 3 aromatic rings. The van der Waals surface area contributed by atoms with E-state index >= 15 is 0 Å². The number of carbonyl (C=O) groups is 1. The Morgan fingerprint density at radius 2 is 1.81 bits per heavy atom. The summed E-state index contributed by atoms with van der Waals surface area (Å²) >= 11 is 0. The number of hydrogen-bond donors (Lipinski definition) is 2. The average molecular weight is 456 g/mol. The third-order valence-corrected chi connectivity index (χ3v) is 6.54. The van der Waals surface area contributed by atoms with Gasteiger partial charge in [-0.05, 0) is 48.4 Å². The van der Waals surface area contributed by atoms with Gasteiger partial charge in [0, 0.05) is 25.0 Å². The molecule has 32 heavy (non-hydrogen) atoms. The summed E-state index contributed by atoms with van der Waals surface area (Å²) in [5.74, 6) is 0.466. The molecule has 0 aliphatic carbocycles. The molecule has 3 rings (SSSR count). The van der Waals surface area contributed by atoms with Crippen LogP contribution in [0.5, 0.6) is 11.5 Å². The van der Waals surface area contributed by atoms with E-state index in [1.54, 1.807) is 49.6 Å². The number of methoxy groups -OCH3 is 2. The number of hydrogen-bond acceptors (Lipinski definition) is 7. The van der Waals surface area contributed by atoms with Crippen molar-refractivity contribution in [1.82, 2.24) is 10.3 Å². The van der Waals surface area contributed by atoms with Crippen LogP contribution >= 0.6 is 0 Å².